The Hall–Kier alpha value is -3.93. The first-order valence-electron chi connectivity index (χ1n) is 9.63. The van der Waals surface area contributed by atoms with Gasteiger partial charge in [-0.05, 0) is 60.0 Å². The van der Waals surface area contributed by atoms with Crippen LogP contribution >= 0.6 is 0 Å². The lowest BCUT2D eigenvalue weighted by Crippen LogP contribution is -2.04. The molecule has 0 saturated carbocycles. The molecular weight excluding hydrogens is 378 g/mol. The lowest BCUT2D eigenvalue weighted by molar-refractivity contribution is 0.0695. The Morgan fingerprint density at radius 1 is 1.13 bits per heavy atom. The van der Waals surface area contributed by atoms with Crippen molar-refractivity contribution in [2.75, 3.05) is 0 Å². The normalized spacial score (nSPS) is 12.7. The SMILES string of the molecule is Cc1cccc(Oc2ccc3c(C4=Cc5nccc(C(=O)O)c5C4)n(C)nc3c2)c1. The van der Waals surface area contributed by atoms with Crippen LogP contribution in [0.3, 0.4) is 0 Å². The number of rotatable bonds is 4. The van der Waals surface area contributed by atoms with Crippen molar-refractivity contribution < 1.29 is 14.6 Å². The number of carbonyl (C=O) groups is 1. The molecule has 0 bridgehead atoms. The van der Waals surface area contributed by atoms with Gasteiger partial charge < -0.3 is 9.84 Å². The van der Waals surface area contributed by atoms with Crippen molar-refractivity contribution in [1.29, 1.82) is 0 Å². The topological polar surface area (TPSA) is 77.2 Å². The molecule has 5 rings (SSSR count). The van der Waals surface area contributed by atoms with E-state index in [4.69, 9.17) is 4.74 Å². The first-order valence-corrected chi connectivity index (χ1v) is 9.63. The lowest BCUT2D eigenvalue weighted by atomic mass is 10.0. The molecule has 1 N–H and O–H groups in total. The van der Waals surface area contributed by atoms with E-state index in [0.29, 0.717) is 17.7 Å². The molecule has 2 aromatic carbocycles. The van der Waals surface area contributed by atoms with Crippen molar-refractivity contribution in [3.05, 3.63) is 82.8 Å². The van der Waals surface area contributed by atoms with Gasteiger partial charge in [0.1, 0.15) is 11.5 Å². The van der Waals surface area contributed by atoms with Gasteiger partial charge in [0.2, 0.25) is 0 Å². The molecule has 1 aliphatic rings. The van der Waals surface area contributed by atoms with Crippen molar-refractivity contribution in [3.8, 4) is 11.5 Å². The van der Waals surface area contributed by atoms with Crippen molar-refractivity contribution in [1.82, 2.24) is 14.8 Å². The van der Waals surface area contributed by atoms with E-state index in [9.17, 15) is 9.90 Å². The summed E-state index contributed by atoms with van der Waals surface area (Å²) < 4.78 is 7.83. The number of aromatic carboxylic acids is 1. The second-order valence-electron chi connectivity index (χ2n) is 7.44. The summed E-state index contributed by atoms with van der Waals surface area (Å²) in [5, 5.41) is 15.1. The van der Waals surface area contributed by atoms with E-state index >= 15 is 0 Å². The van der Waals surface area contributed by atoms with Gasteiger partial charge in [-0.25, -0.2) is 4.79 Å². The fraction of sp³-hybridized carbons (Fsp3) is 0.125. The van der Waals surface area contributed by atoms with E-state index in [-0.39, 0.29) is 0 Å². The molecule has 148 valence electrons. The minimum absolute atomic E-state index is 0.298. The van der Waals surface area contributed by atoms with Crippen LogP contribution < -0.4 is 4.74 Å². The summed E-state index contributed by atoms with van der Waals surface area (Å²) in [6.07, 6.45) is 4.01. The van der Waals surface area contributed by atoms with Crippen LogP contribution in [0.1, 0.15) is 32.9 Å². The largest absolute Gasteiger partial charge is 0.478 e. The predicted octanol–water partition coefficient (Wildman–Crippen LogP) is 4.86. The summed E-state index contributed by atoms with van der Waals surface area (Å²) in [6.45, 7) is 2.03. The zero-order chi connectivity index (χ0) is 20.8. The van der Waals surface area contributed by atoms with Gasteiger partial charge in [-0.2, -0.15) is 5.10 Å². The van der Waals surface area contributed by atoms with Gasteiger partial charge in [-0.3, -0.25) is 9.67 Å². The molecule has 6 nitrogen and oxygen atoms in total. The van der Waals surface area contributed by atoms with Crippen molar-refractivity contribution in [2.45, 2.75) is 13.3 Å². The molecule has 30 heavy (non-hydrogen) atoms. The summed E-state index contributed by atoms with van der Waals surface area (Å²) in [7, 11) is 1.89. The summed E-state index contributed by atoms with van der Waals surface area (Å²) in [4.78, 5) is 15.9. The molecule has 6 heteroatoms. The second-order valence-corrected chi connectivity index (χ2v) is 7.44. The predicted molar refractivity (Wildman–Crippen MR) is 115 cm³/mol. The average molecular weight is 397 g/mol. The fourth-order valence-electron chi connectivity index (χ4n) is 4.02. The van der Waals surface area contributed by atoms with Crippen LogP contribution in [0.25, 0.3) is 22.6 Å². The van der Waals surface area contributed by atoms with Crippen molar-refractivity contribution >= 4 is 28.5 Å². The Labute approximate surface area is 173 Å². The van der Waals surface area contributed by atoms with E-state index in [1.165, 1.54) is 6.20 Å². The standard InChI is InChI=1S/C24H19N3O3/c1-14-4-3-5-16(10-14)30-17-6-7-19-22(13-17)26-27(2)23(19)15-11-20-18(24(28)29)8-9-25-21(20)12-15/h3-10,12-13H,11H2,1-2H3,(H,28,29). The number of carboxylic acid groups (broad SMARTS) is 1. The second kappa shape index (κ2) is 6.84. The Morgan fingerprint density at radius 2 is 1.97 bits per heavy atom. The Kier molecular flexibility index (Phi) is 4.13. The number of pyridine rings is 1. The van der Waals surface area contributed by atoms with Crippen molar-refractivity contribution in [2.24, 2.45) is 7.05 Å². The highest BCUT2D eigenvalue weighted by atomic mass is 16.5. The number of hydrogen-bond acceptors (Lipinski definition) is 4. The summed E-state index contributed by atoms with van der Waals surface area (Å²) in [6, 6.07) is 15.3. The van der Waals surface area contributed by atoms with Gasteiger partial charge in [0.05, 0.1) is 22.5 Å². The van der Waals surface area contributed by atoms with Crippen LogP contribution in [0.2, 0.25) is 0 Å². The third-order valence-electron chi connectivity index (χ3n) is 5.33. The van der Waals surface area contributed by atoms with Crippen LogP contribution in [0.4, 0.5) is 0 Å². The van der Waals surface area contributed by atoms with E-state index in [0.717, 1.165) is 44.8 Å². The molecule has 2 aromatic heterocycles. The molecule has 0 radical (unpaired) electrons. The first kappa shape index (κ1) is 18.1. The molecule has 0 unspecified atom stereocenters. The van der Waals surface area contributed by atoms with Crippen LogP contribution in [0.5, 0.6) is 11.5 Å². The number of carboxylic acids is 1. The van der Waals surface area contributed by atoms with Gasteiger partial charge >= 0.3 is 5.97 Å². The number of aryl methyl sites for hydroxylation is 2. The van der Waals surface area contributed by atoms with Crippen molar-refractivity contribution in [3.63, 3.8) is 0 Å². The number of allylic oxidation sites excluding steroid dienone is 1. The third kappa shape index (κ3) is 3.03. The molecule has 4 aromatic rings. The van der Waals surface area contributed by atoms with Gasteiger partial charge in [-0.15, -0.1) is 0 Å². The maximum Gasteiger partial charge on any atom is 0.336 e. The van der Waals surface area contributed by atoms with Gasteiger partial charge in [0, 0.05) is 31.1 Å². The molecule has 0 amide bonds. The van der Waals surface area contributed by atoms with Crippen LogP contribution in [-0.4, -0.2) is 25.8 Å². The lowest BCUT2D eigenvalue weighted by Gasteiger charge is -2.07. The van der Waals surface area contributed by atoms with E-state index in [1.807, 2.05) is 67.2 Å². The summed E-state index contributed by atoms with van der Waals surface area (Å²) in [5.74, 6) is 0.569. The molecule has 0 aliphatic heterocycles. The highest BCUT2D eigenvalue weighted by Gasteiger charge is 2.24. The quantitative estimate of drug-likeness (QED) is 0.532. The zero-order valence-electron chi connectivity index (χ0n) is 16.6. The molecule has 2 heterocycles. The minimum Gasteiger partial charge on any atom is -0.478 e. The van der Waals surface area contributed by atoms with E-state index in [1.54, 1.807) is 6.07 Å². The molecule has 0 saturated heterocycles. The number of ether oxygens (including phenoxy) is 1. The Balaban J connectivity index is 1.51. The molecular formula is C24H19N3O3. The minimum atomic E-state index is -0.934. The van der Waals surface area contributed by atoms with Crippen LogP contribution in [-0.2, 0) is 13.5 Å². The Morgan fingerprint density at radius 3 is 2.77 bits per heavy atom. The third-order valence-corrected chi connectivity index (χ3v) is 5.33. The maximum atomic E-state index is 11.6. The Bertz CT molecular complexity index is 1350. The molecule has 0 spiro atoms. The smallest absolute Gasteiger partial charge is 0.336 e. The van der Waals surface area contributed by atoms with E-state index < -0.39 is 5.97 Å². The van der Waals surface area contributed by atoms with Gasteiger partial charge in [0.15, 0.2) is 0 Å². The highest BCUT2D eigenvalue weighted by molar-refractivity contribution is 6.00. The number of benzene rings is 2. The van der Waals surface area contributed by atoms with Gasteiger partial charge in [-0.1, -0.05) is 12.1 Å². The van der Waals surface area contributed by atoms with Crippen LogP contribution in [0, 0.1) is 6.92 Å². The maximum absolute atomic E-state index is 11.6. The highest BCUT2D eigenvalue weighted by Crippen LogP contribution is 2.36. The molecule has 1 aliphatic carbocycles. The molecule has 0 fully saturated rings. The van der Waals surface area contributed by atoms with E-state index in [2.05, 4.69) is 10.1 Å². The number of hydrogen-bond donors (Lipinski definition) is 1. The molecule has 0 atom stereocenters. The number of nitrogens with zero attached hydrogens (tertiary/aromatic N) is 3. The summed E-state index contributed by atoms with van der Waals surface area (Å²) >= 11 is 0. The average Bonchev–Trinajstić information content (AvgIpc) is 3.26. The monoisotopic (exact) mass is 397 g/mol. The number of fused-ring (bicyclic) bond motifs is 2. The fourth-order valence-corrected chi connectivity index (χ4v) is 4.02. The zero-order valence-corrected chi connectivity index (χ0v) is 16.6. The number of aromatic nitrogens is 3. The van der Waals surface area contributed by atoms with Crippen LogP contribution in [0.15, 0.2) is 54.7 Å². The van der Waals surface area contributed by atoms with Gasteiger partial charge in [0.25, 0.3) is 0 Å². The summed E-state index contributed by atoms with van der Waals surface area (Å²) in [5.41, 5.74) is 5.67. The first-order chi connectivity index (χ1) is 14.5.